The number of thiophene rings is 1. The molecule has 2 saturated heterocycles. The van der Waals surface area contributed by atoms with Crippen molar-refractivity contribution in [2.45, 2.75) is 190 Å². The van der Waals surface area contributed by atoms with Crippen LogP contribution in [-0.2, 0) is 24.0 Å². The number of Topliss-reactive ketones (excluding diaryl/α,β-unsaturated/α-hetero) is 6. The van der Waals surface area contributed by atoms with Gasteiger partial charge in [-0.1, -0.05) is 151 Å². The first-order chi connectivity index (χ1) is 27.6. The highest BCUT2D eigenvalue weighted by molar-refractivity contribution is 7.12. The van der Waals surface area contributed by atoms with Gasteiger partial charge in [0, 0.05) is 50.5 Å². The van der Waals surface area contributed by atoms with Crippen LogP contribution in [0.2, 0.25) is 0 Å². The van der Waals surface area contributed by atoms with E-state index in [-0.39, 0.29) is 79.0 Å². The predicted octanol–water partition coefficient (Wildman–Crippen LogP) is 11.7. The summed E-state index contributed by atoms with van der Waals surface area (Å²) >= 11 is 1.51. The Morgan fingerprint density at radius 1 is 0.565 bits per heavy atom. The fraction of sp³-hybridized carbons (Fsp3) is 0.706. The molecule has 2 aliphatic heterocycles. The van der Waals surface area contributed by atoms with Crippen molar-refractivity contribution >= 4 is 51.9 Å². The molecule has 0 aromatic carbocycles. The molecule has 2 fully saturated rings. The van der Waals surface area contributed by atoms with E-state index in [2.05, 4.69) is 15.6 Å². The van der Waals surface area contributed by atoms with Gasteiger partial charge in [0.15, 0.2) is 23.1 Å². The molecule has 2 aromatic heterocycles. The summed E-state index contributed by atoms with van der Waals surface area (Å²) in [4.78, 5) is 82.8. The van der Waals surface area contributed by atoms with Gasteiger partial charge in [-0.2, -0.15) is 0 Å². The van der Waals surface area contributed by atoms with E-state index in [0.717, 1.165) is 24.3 Å². The smallest absolute Gasteiger partial charge is 0.220 e. The van der Waals surface area contributed by atoms with Crippen molar-refractivity contribution in [3.8, 4) is 0 Å². The molecule has 0 aliphatic carbocycles. The van der Waals surface area contributed by atoms with E-state index < -0.39 is 0 Å². The fourth-order valence-electron chi connectivity index (χ4n) is 5.54. The summed E-state index contributed by atoms with van der Waals surface area (Å²) in [5.41, 5.74) is -0.895. The molecule has 11 heteroatoms. The van der Waals surface area contributed by atoms with Gasteiger partial charge in [-0.05, 0) is 56.3 Å². The highest BCUT2D eigenvalue weighted by Gasteiger charge is 2.35. The van der Waals surface area contributed by atoms with E-state index in [1.807, 2.05) is 169 Å². The van der Waals surface area contributed by atoms with Crippen LogP contribution in [0.15, 0.2) is 35.8 Å². The van der Waals surface area contributed by atoms with E-state index in [9.17, 15) is 33.6 Å². The molecule has 62 heavy (non-hydrogen) atoms. The van der Waals surface area contributed by atoms with E-state index >= 15 is 0 Å². The molecule has 0 saturated carbocycles. The van der Waals surface area contributed by atoms with Gasteiger partial charge in [-0.3, -0.25) is 33.6 Å². The molecule has 4 rings (SSSR count). The zero-order valence-corrected chi connectivity index (χ0v) is 43.7. The molecule has 0 spiro atoms. The van der Waals surface area contributed by atoms with Gasteiger partial charge in [0.1, 0.15) is 11.6 Å². The molecule has 4 heterocycles. The molecular weight excluding hydrogens is 799 g/mol. The summed E-state index contributed by atoms with van der Waals surface area (Å²) < 4.78 is 0. The van der Waals surface area contributed by atoms with Crippen molar-refractivity contribution < 1.29 is 33.6 Å². The molecule has 0 radical (unpaired) electrons. The quantitative estimate of drug-likeness (QED) is 0.256. The topological polar surface area (TPSA) is 159 Å². The number of amides is 1. The number of carbonyl (C=O) groups excluding carboxylic acids is 7. The van der Waals surface area contributed by atoms with Crippen molar-refractivity contribution in [3.05, 3.63) is 46.4 Å². The lowest BCUT2D eigenvalue weighted by molar-refractivity contribution is -0.134. The molecule has 3 N–H and O–H groups in total. The maximum atomic E-state index is 11.6. The Balaban J connectivity index is 0. The minimum absolute atomic E-state index is 0.00222. The van der Waals surface area contributed by atoms with Gasteiger partial charge in [-0.25, -0.2) is 0 Å². The molecule has 2 atom stereocenters. The lowest BCUT2D eigenvalue weighted by Crippen LogP contribution is -2.40. The van der Waals surface area contributed by atoms with Crippen molar-refractivity contribution in [3.63, 3.8) is 0 Å². The minimum Gasteiger partial charge on any atom is -0.359 e. The SMILES string of the molecule is CC(=O)C(C)(C)C.CC(C)(C)C(=O)C(C)(C)C.CC(C)(C)C(=O)C1CCC(=O)N1.CC(C)(C)C(=O)C1CCCN1.CC(C)(C)C(=O)c1ccc[nH]1.CC(C)(C)C(=O)c1cccs1. The summed E-state index contributed by atoms with van der Waals surface area (Å²) in [6.07, 6.45) is 5.09. The number of carbonyl (C=O) groups is 7. The third-order valence-corrected chi connectivity index (χ3v) is 10.4. The average Bonchev–Trinajstić information content (AvgIpc) is 3.93. The normalized spacial score (nSPS) is 16.7. The Hall–Kier alpha value is -3.57. The first-order valence-electron chi connectivity index (χ1n) is 22.0. The van der Waals surface area contributed by atoms with Crippen LogP contribution in [0.3, 0.4) is 0 Å². The van der Waals surface area contributed by atoms with E-state index in [1.54, 1.807) is 19.2 Å². The third kappa shape index (κ3) is 24.3. The number of hydrogen-bond donors (Lipinski definition) is 3. The number of hydrogen-bond acceptors (Lipinski definition) is 9. The summed E-state index contributed by atoms with van der Waals surface area (Å²) in [6.45, 7) is 43.2. The van der Waals surface area contributed by atoms with Crippen LogP contribution in [0, 0.1) is 37.9 Å². The number of H-pyrrole nitrogens is 1. The Labute approximate surface area is 380 Å². The number of rotatable bonds is 4. The second-order valence-electron chi connectivity index (χ2n) is 23.4. The van der Waals surface area contributed by atoms with E-state index in [4.69, 9.17) is 0 Å². The summed E-state index contributed by atoms with van der Waals surface area (Å²) in [6, 6.07) is 7.31. The molecule has 10 nitrogen and oxygen atoms in total. The van der Waals surface area contributed by atoms with Crippen LogP contribution in [0.1, 0.15) is 198 Å². The van der Waals surface area contributed by atoms with Crippen LogP contribution in [0.5, 0.6) is 0 Å². The average molecular weight is 886 g/mol. The van der Waals surface area contributed by atoms with E-state index in [0.29, 0.717) is 30.1 Å². The van der Waals surface area contributed by atoms with Crippen LogP contribution >= 0.6 is 11.3 Å². The fourth-order valence-corrected chi connectivity index (χ4v) is 6.42. The van der Waals surface area contributed by atoms with Gasteiger partial charge in [0.2, 0.25) is 5.91 Å². The molecule has 2 unspecified atom stereocenters. The third-order valence-electron chi connectivity index (χ3n) is 9.54. The minimum atomic E-state index is -0.345. The van der Waals surface area contributed by atoms with Crippen LogP contribution in [0.25, 0.3) is 0 Å². The van der Waals surface area contributed by atoms with Gasteiger partial charge in [0.25, 0.3) is 0 Å². The number of nitrogens with one attached hydrogen (secondary N) is 3. The summed E-state index contributed by atoms with van der Waals surface area (Å²) in [7, 11) is 0. The van der Waals surface area contributed by atoms with Gasteiger partial charge >= 0.3 is 0 Å². The van der Waals surface area contributed by atoms with E-state index in [1.165, 1.54) is 11.3 Å². The lowest BCUT2D eigenvalue weighted by atomic mass is 9.76. The van der Waals surface area contributed by atoms with Crippen LogP contribution < -0.4 is 10.6 Å². The molecule has 1 amide bonds. The van der Waals surface area contributed by atoms with Crippen molar-refractivity contribution in [2.75, 3.05) is 6.54 Å². The van der Waals surface area contributed by atoms with Crippen molar-refractivity contribution in [1.82, 2.24) is 15.6 Å². The monoisotopic (exact) mass is 886 g/mol. The lowest BCUT2D eigenvalue weighted by Gasteiger charge is -2.26. The second-order valence-corrected chi connectivity index (χ2v) is 24.3. The largest absolute Gasteiger partial charge is 0.359 e. The molecule has 2 aliphatic rings. The van der Waals surface area contributed by atoms with Gasteiger partial charge < -0.3 is 15.6 Å². The molecular formula is C51H87N3O7S. The maximum absolute atomic E-state index is 11.6. The Kier molecular flexibility index (Phi) is 23.9. The highest BCUT2D eigenvalue weighted by Crippen LogP contribution is 2.28. The van der Waals surface area contributed by atoms with Gasteiger partial charge in [0.05, 0.1) is 22.7 Å². The first-order valence-corrected chi connectivity index (χ1v) is 22.9. The zero-order valence-electron chi connectivity index (χ0n) is 42.9. The van der Waals surface area contributed by atoms with Crippen molar-refractivity contribution in [1.29, 1.82) is 0 Å². The van der Waals surface area contributed by atoms with Crippen molar-refractivity contribution in [2.24, 2.45) is 37.9 Å². The first kappa shape index (κ1) is 60.5. The number of ketones is 6. The Morgan fingerprint density at radius 3 is 1.27 bits per heavy atom. The number of aromatic amines is 1. The Morgan fingerprint density at radius 2 is 1.02 bits per heavy atom. The number of aromatic nitrogens is 1. The Bertz CT molecular complexity index is 1640. The zero-order chi connectivity index (χ0) is 49.5. The molecule has 2 aromatic rings. The summed E-state index contributed by atoms with van der Waals surface area (Å²) in [5.74, 6) is 1.43. The summed E-state index contributed by atoms with van der Waals surface area (Å²) in [5, 5.41) is 7.81. The molecule has 354 valence electrons. The molecule has 0 bridgehead atoms. The van der Waals surface area contributed by atoms with Crippen LogP contribution in [0.4, 0.5) is 0 Å². The standard InChI is InChI=1S/C9H15NO2.C9H17NO.C9H13NO.C9H12OS.C9H18O.C6H12O/c1-9(2,3)8(12)6-4-5-7(11)10-6;2*1-9(2,3)8(11)7-5-4-6-10-7;1-9(2,3)8(10)7-5-4-6-11-7;1-8(2,3)7(10)9(4,5)6;1-5(7)6(2,3)4/h6H,4-5H2,1-3H3,(H,10,11);7,10H,4-6H2,1-3H3;4-6,10H,1-3H3;4-6H,1-3H3;1-6H3;1-4H3. The predicted molar refractivity (Wildman–Crippen MR) is 258 cm³/mol. The highest BCUT2D eigenvalue weighted by atomic mass is 32.1. The maximum Gasteiger partial charge on any atom is 0.220 e. The van der Waals surface area contributed by atoms with Gasteiger partial charge in [-0.15, -0.1) is 11.3 Å². The van der Waals surface area contributed by atoms with Crippen LogP contribution in [-0.4, -0.2) is 64.2 Å². The second kappa shape index (κ2) is 24.5.